The fourth-order valence-corrected chi connectivity index (χ4v) is 4.76. The van der Waals surface area contributed by atoms with Crippen molar-refractivity contribution in [2.24, 2.45) is 0 Å². The summed E-state index contributed by atoms with van der Waals surface area (Å²) in [5.41, 5.74) is 1.16. The largest absolute Gasteiger partial charge is 0.495 e. The smallest absolute Gasteiger partial charge is 0.251 e. The number of amides is 1. The number of hydrogen-bond acceptors (Lipinski definition) is 7. The molecule has 31 heavy (non-hydrogen) atoms. The molecule has 1 fully saturated rings. The highest BCUT2D eigenvalue weighted by Crippen LogP contribution is 2.40. The van der Waals surface area contributed by atoms with Crippen LogP contribution in [0.1, 0.15) is 10.4 Å². The molecule has 1 aliphatic rings. The summed E-state index contributed by atoms with van der Waals surface area (Å²) in [4.78, 5) is 21.5. The molecule has 7 nitrogen and oxygen atoms in total. The van der Waals surface area contributed by atoms with Gasteiger partial charge in [0.05, 0.1) is 14.2 Å². The van der Waals surface area contributed by atoms with Gasteiger partial charge in [0.15, 0.2) is 5.13 Å². The number of nitrogens with zero attached hydrogens (tertiary/aromatic N) is 3. The summed E-state index contributed by atoms with van der Waals surface area (Å²) in [5.74, 6) is 0.877. The van der Waals surface area contributed by atoms with E-state index in [-0.39, 0.29) is 5.91 Å². The molecule has 1 N–H and O–H groups in total. The van der Waals surface area contributed by atoms with Gasteiger partial charge in [0.1, 0.15) is 27.5 Å². The van der Waals surface area contributed by atoms with E-state index in [9.17, 15) is 9.18 Å². The molecule has 4 rings (SSSR count). The number of anilines is 1. The molecule has 1 aliphatic heterocycles. The molecule has 3 aromatic rings. The first-order valence-electron chi connectivity index (χ1n) is 10.1. The number of aromatic nitrogens is 1. The number of carbonyl (C=O) groups is 1. The van der Waals surface area contributed by atoms with Crippen molar-refractivity contribution in [1.29, 1.82) is 0 Å². The Labute approximate surface area is 184 Å². The van der Waals surface area contributed by atoms with E-state index in [4.69, 9.17) is 14.5 Å². The third kappa shape index (κ3) is 4.72. The van der Waals surface area contributed by atoms with E-state index in [1.54, 1.807) is 31.6 Å². The number of rotatable bonds is 7. The zero-order valence-corrected chi connectivity index (χ0v) is 18.4. The van der Waals surface area contributed by atoms with E-state index >= 15 is 0 Å². The topological polar surface area (TPSA) is 66.9 Å². The number of thiazole rings is 1. The second kappa shape index (κ2) is 9.49. The van der Waals surface area contributed by atoms with Gasteiger partial charge in [-0.1, -0.05) is 17.4 Å². The van der Waals surface area contributed by atoms with Crippen molar-refractivity contribution >= 4 is 32.6 Å². The lowest BCUT2D eigenvalue weighted by Crippen LogP contribution is -2.48. The van der Waals surface area contributed by atoms with Crippen molar-refractivity contribution < 1.29 is 18.7 Å². The van der Waals surface area contributed by atoms with Crippen LogP contribution in [0.3, 0.4) is 0 Å². The highest BCUT2D eigenvalue weighted by atomic mass is 32.1. The van der Waals surface area contributed by atoms with Crippen LogP contribution in [0.15, 0.2) is 36.4 Å². The molecule has 0 spiro atoms. The van der Waals surface area contributed by atoms with Crippen molar-refractivity contribution in [1.82, 2.24) is 15.2 Å². The molecule has 2 heterocycles. The third-order valence-corrected chi connectivity index (χ3v) is 6.47. The molecule has 0 atom stereocenters. The Bertz CT molecular complexity index is 1030. The number of ether oxygens (including phenoxy) is 2. The summed E-state index contributed by atoms with van der Waals surface area (Å²) in [6.07, 6.45) is 0. The Hall–Kier alpha value is -2.91. The van der Waals surface area contributed by atoms with Gasteiger partial charge < -0.3 is 19.7 Å². The van der Waals surface area contributed by atoms with E-state index in [2.05, 4.69) is 15.1 Å². The van der Waals surface area contributed by atoms with Gasteiger partial charge in [-0.3, -0.25) is 9.69 Å². The van der Waals surface area contributed by atoms with Crippen LogP contribution in [0.25, 0.3) is 10.2 Å². The van der Waals surface area contributed by atoms with Crippen LogP contribution in [0.5, 0.6) is 11.5 Å². The van der Waals surface area contributed by atoms with Crippen LogP contribution in [0, 0.1) is 5.82 Å². The lowest BCUT2D eigenvalue weighted by atomic mass is 10.2. The van der Waals surface area contributed by atoms with Gasteiger partial charge >= 0.3 is 0 Å². The molecule has 2 aromatic carbocycles. The number of fused-ring (bicyclic) bond motifs is 1. The number of hydrogen-bond donors (Lipinski definition) is 1. The Morgan fingerprint density at radius 2 is 1.87 bits per heavy atom. The number of nitrogens with one attached hydrogen (secondary N) is 1. The maximum Gasteiger partial charge on any atom is 0.251 e. The Morgan fingerprint density at radius 1 is 1.13 bits per heavy atom. The van der Waals surface area contributed by atoms with Crippen LogP contribution in [-0.2, 0) is 0 Å². The van der Waals surface area contributed by atoms with Gasteiger partial charge in [0.2, 0.25) is 0 Å². The van der Waals surface area contributed by atoms with Crippen molar-refractivity contribution in [3.8, 4) is 11.5 Å². The Balaban J connectivity index is 1.31. The number of carbonyl (C=O) groups excluding carboxylic acids is 1. The molecule has 1 aromatic heterocycles. The molecule has 0 bridgehead atoms. The summed E-state index contributed by atoms with van der Waals surface area (Å²) >= 11 is 1.61. The van der Waals surface area contributed by atoms with Crippen molar-refractivity contribution in [3.63, 3.8) is 0 Å². The van der Waals surface area contributed by atoms with Crippen molar-refractivity contribution in [2.75, 3.05) is 58.4 Å². The zero-order chi connectivity index (χ0) is 21.8. The summed E-state index contributed by atoms with van der Waals surface area (Å²) in [6.45, 7) is 4.71. The molecule has 0 saturated carbocycles. The average Bonchev–Trinajstić information content (AvgIpc) is 3.24. The quantitative estimate of drug-likeness (QED) is 0.604. The number of halogens is 1. The van der Waals surface area contributed by atoms with Crippen LogP contribution in [0.4, 0.5) is 9.52 Å². The van der Waals surface area contributed by atoms with Crippen LogP contribution >= 0.6 is 11.3 Å². The maximum absolute atomic E-state index is 13.3. The van der Waals surface area contributed by atoms with E-state index in [0.717, 1.165) is 59.6 Å². The summed E-state index contributed by atoms with van der Waals surface area (Å²) < 4.78 is 25.2. The van der Waals surface area contributed by atoms with Gasteiger partial charge in [-0.15, -0.1) is 0 Å². The average molecular weight is 445 g/mol. The number of methoxy groups -OCH3 is 2. The SMILES string of the molecule is COc1ccc(OC)c2sc(N3CCN(CCNC(=O)c4cccc(F)c4)CC3)nc12. The highest BCUT2D eigenvalue weighted by Gasteiger charge is 2.22. The van der Waals surface area contributed by atoms with Gasteiger partial charge in [-0.25, -0.2) is 9.37 Å². The van der Waals surface area contributed by atoms with E-state index < -0.39 is 5.82 Å². The first-order valence-corrected chi connectivity index (χ1v) is 10.9. The first-order chi connectivity index (χ1) is 15.1. The molecule has 164 valence electrons. The second-order valence-electron chi connectivity index (χ2n) is 7.24. The maximum atomic E-state index is 13.3. The van der Waals surface area contributed by atoms with Gasteiger partial charge in [0, 0.05) is 44.8 Å². The molecule has 0 unspecified atom stereocenters. The molecule has 0 aliphatic carbocycles. The molecular formula is C22H25FN4O3S. The Morgan fingerprint density at radius 3 is 2.58 bits per heavy atom. The van der Waals surface area contributed by atoms with Gasteiger partial charge in [-0.05, 0) is 30.3 Å². The minimum atomic E-state index is -0.408. The van der Waals surface area contributed by atoms with Crippen LogP contribution < -0.4 is 19.7 Å². The van der Waals surface area contributed by atoms with E-state index in [1.807, 2.05) is 12.1 Å². The lowest BCUT2D eigenvalue weighted by Gasteiger charge is -2.34. The first kappa shape index (κ1) is 21.3. The normalized spacial score (nSPS) is 14.6. The van der Waals surface area contributed by atoms with Crippen LogP contribution in [-0.4, -0.2) is 69.3 Å². The predicted octanol–water partition coefficient (Wildman–Crippen LogP) is 3.00. The lowest BCUT2D eigenvalue weighted by molar-refractivity contribution is 0.0947. The Kier molecular flexibility index (Phi) is 6.53. The van der Waals surface area contributed by atoms with Crippen molar-refractivity contribution in [3.05, 3.63) is 47.8 Å². The highest BCUT2D eigenvalue weighted by molar-refractivity contribution is 7.22. The summed E-state index contributed by atoms with van der Waals surface area (Å²) in [7, 11) is 3.30. The fourth-order valence-electron chi connectivity index (χ4n) is 3.63. The van der Waals surface area contributed by atoms with Crippen LogP contribution in [0.2, 0.25) is 0 Å². The van der Waals surface area contributed by atoms with Gasteiger partial charge in [0.25, 0.3) is 5.91 Å². The molecular weight excluding hydrogens is 419 g/mol. The monoisotopic (exact) mass is 444 g/mol. The summed E-state index contributed by atoms with van der Waals surface area (Å²) in [6, 6.07) is 9.50. The minimum Gasteiger partial charge on any atom is -0.495 e. The van der Waals surface area contributed by atoms with E-state index in [1.165, 1.54) is 18.2 Å². The minimum absolute atomic E-state index is 0.254. The molecule has 1 saturated heterocycles. The van der Waals surface area contributed by atoms with Gasteiger partial charge in [-0.2, -0.15) is 0 Å². The predicted molar refractivity (Wildman–Crippen MR) is 120 cm³/mol. The number of benzene rings is 2. The molecule has 1 amide bonds. The second-order valence-corrected chi connectivity index (χ2v) is 8.22. The summed E-state index contributed by atoms with van der Waals surface area (Å²) in [5, 5.41) is 3.82. The van der Waals surface area contributed by atoms with Crippen molar-refractivity contribution in [2.45, 2.75) is 0 Å². The van der Waals surface area contributed by atoms with E-state index in [0.29, 0.717) is 12.1 Å². The standard InChI is InChI=1S/C22H25FN4O3S/c1-29-17-6-7-18(30-2)20-19(17)25-22(31-20)27-12-10-26(11-13-27)9-8-24-21(28)15-4-3-5-16(23)14-15/h3-7,14H,8-13H2,1-2H3,(H,24,28). The number of piperazine rings is 1. The molecule has 0 radical (unpaired) electrons. The molecule has 9 heteroatoms. The zero-order valence-electron chi connectivity index (χ0n) is 17.6. The fraction of sp³-hybridized carbons (Fsp3) is 0.364. The third-order valence-electron chi connectivity index (χ3n) is 5.34.